The smallest absolute Gasteiger partial charge is 0.207 e. The van der Waals surface area contributed by atoms with Crippen LogP contribution in [0.3, 0.4) is 0 Å². The van der Waals surface area contributed by atoms with Crippen LogP contribution in [0, 0.1) is 17.5 Å². The minimum Gasteiger partial charge on any atom is -0.207 e. The molecule has 1 atom stereocenters. The van der Waals surface area contributed by atoms with Crippen molar-refractivity contribution in [3.63, 3.8) is 0 Å². The molecule has 0 saturated carbocycles. The summed E-state index contributed by atoms with van der Waals surface area (Å²) in [5.74, 6) is -3.51. The molecule has 21 heavy (non-hydrogen) atoms. The zero-order valence-electron chi connectivity index (χ0n) is 10.2. The van der Waals surface area contributed by atoms with Gasteiger partial charge in [-0.2, -0.15) is 13.2 Å². The first-order valence-electron chi connectivity index (χ1n) is 5.66. The summed E-state index contributed by atoms with van der Waals surface area (Å²) >= 11 is 5.85. The molecule has 2 rings (SSSR count). The molecule has 0 aliphatic heterocycles. The van der Waals surface area contributed by atoms with Gasteiger partial charge in [0.15, 0.2) is 0 Å². The minimum absolute atomic E-state index is 0.309. The van der Waals surface area contributed by atoms with Crippen LogP contribution in [0.2, 0.25) is 0 Å². The van der Waals surface area contributed by atoms with E-state index in [4.69, 9.17) is 11.6 Å². The molecule has 2 aromatic carbocycles. The molecule has 0 fully saturated rings. The molecule has 1 unspecified atom stereocenters. The second-order valence-corrected chi connectivity index (χ2v) is 4.67. The fourth-order valence-electron chi connectivity index (χ4n) is 1.84. The van der Waals surface area contributed by atoms with Crippen molar-refractivity contribution < 1.29 is 26.3 Å². The Morgan fingerprint density at radius 1 is 0.905 bits per heavy atom. The highest BCUT2D eigenvalue weighted by Crippen LogP contribution is 2.38. The van der Waals surface area contributed by atoms with Gasteiger partial charge in [0.2, 0.25) is 0 Å². The van der Waals surface area contributed by atoms with Crippen LogP contribution in [0.15, 0.2) is 36.4 Å². The van der Waals surface area contributed by atoms with Crippen molar-refractivity contribution >= 4 is 11.6 Å². The number of halogens is 7. The van der Waals surface area contributed by atoms with E-state index in [0.29, 0.717) is 12.1 Å². The third kappa shape index (κ3) is 3.15. The first-order valence-corrected chi connectivity index (χ1v) is 6.10. The summed E-state index contributed by atoms with van der Waals surface area (Å²) in [6, 6.07) is 4.92. The second kappa shape index (κ2) is 5.60. The lowest BCUT2D eigenvalue weighted by Gasteiger charge is -2.15. The summed E-state index contributed by atoms with van der Waals surface area (Å²) < 4.78 is 78.2. The largest absolute Gasteiger partial charge is 0.419 e. The Kier molecular flexibility index (Phi) is 4.18. The average Bonchev–Trinajstić information content (AvgIpc) is 2.37. The van der Waals surface area contributed by atoms with Gasteiger partial charge in [-0.05, 0) is 12.1 Å². The highest BCUT2D eigenvalue weighted by molar-refractivity contribution is 6.22. The molecular weight excluding hydrogens is 318 g/mol. The van der Waals surface area contributed by atoms with E-state index >= 15 is 0 Å². The van der Waals surface area contributed by atoms with Crippen molar-refractivity contribution in [2.24, 2.45) is 0 Å². The predicted octanol–water partition coefficient (Wildman–Crippen LogP) is 5.45. The van der Waals surface area contributed by atoms with E-state index in [2.05, 4.69) is 0 Å². The van der Waals surface area contributed by atoms with Gasteiger partial charge >= 0.3 is 6.18 Å². The first-order chi connectivity index (χ1) is 9.71. The normalized spacial score (nSPS) is 13.3. The molecule has 0 aliphatic rings. The molecule has 0 amide bonds. The maximum absolute atomic E-state index is 13.9. The molecule has 0 radical (unpaired) electrons. The molecule has 112 valence electrons. The fourth-order valence-corrected chi connectivity index (χ4v) is 2.18. The summed E-state index contributed by atoms with van der Waals surface area (Å²) in [6.45, 7) is 0. The van der Waals surface area contributed by atoms with Crippen LogP contribution in [0.1, 0.15) is 22.1 Å². The number of hydrogen-bond acceptors (Lipinski definition) is 0. The fraction of sp³-hybridized carbons (Fsp3) is 0.143. The van der Waals surface area contributed by atoms with Gasteiger partial charge in [0.1, 0.15) is 17.5 Å². The Balaban J connectivity index is 2.51. The van der Waals surface area contributed by atoms with Crippen molar-refractivity contribution in [1.82, 2.24) is 0 Å². The van der Waals surface area contributed by atoms with Crippen LogP contribution in [-0.2, 0) is 6.18 Å². The monoisotopic (exact) mass is 324 g/mol. The lowest BCUT2D eigenvalue weighted by atomic mass is 10.0. The van der Waals surface area contributed by atoms with Gasteiger partial charge in [-0.25, -0.2) is 13.2 Å². The lowest BCUT2D eigenvalue weighted by Crippen LogP contribution is -2.11. The molecule has 0 saturated heterocycles. The molecule has 0 spiro atoms. The molecule has 0 aliphatic carbocycles. The second-order valence-electron chi connectivity index (χ2n) is 4.23. The van der Waals surface area contributed by atoms with Crippen LogP contribution in [0.5, 0.6) is 0 Å². The molecule has 0 N–H and O–H groups in total. The highest BCUT2D eigenvalue weighted by atomic mass is 35.5. The zero-order valence-corrected chi connectivity index (χ0v) is 10.9. The van der Waals surface area contributed by atoms with Gasteiger partial charge < -0.3 is 0 Å². The van der Waals surface area contributed by atoms with E-state index in [1.807, 2.05) is 0 Å². The van der Waals surface area contributed by atoms with Crippen LogP contribution < -0.4 is 0 Å². The standard InChI is InChI=1S/C14H7ClF6/c15-12(8-5-4-7(16)6-11(8)17)9-2-1-3-10(13(9)18)14(19,20)21/h1-6,12H. The summed E-state index contributed by atoms with van der Waals surface area (Å²) in [7, 11) is 0. The maximum Gasteiger partial charge on any atom is 0.419 e. The van der Waals surface area contributed by atoms with Crippen LogP contribution in [0.4, 0.5) is 26.3 Å². The van der Waals surface area contributed by atoms with Crippen molar-refractivity contribution in [3.8, 4) is 0 Å². The van der Waals surface area contributed by atoms with Crippen LogP contribution >= 0.6 is 11.6 Å². The highest BCUT2D eigenvalue weighted by Gasteiger charge is 2.36. The van der Waals surface area contributed by atoms with Gasteiger partial charge in [-0.3, -0.25) is 0 Å². The number of benzene rings is 2. The summed E-state index contributed by atoms with van der Waals surface area (Å²) in [6.07, 6.45) is -4.89. The molecule has 0 bridgehead atoms. The zero-order chi connectivity index (χ0) is 15.8. The topological polar surface area (TPSA) is 0 Å². The van der Waals surface area contributed by atoms with Crippen LogP contribution in [0.25, 0.3) is 0 Å². The summed E-state index contributed by atoms with van der Waals surface area (Å²) in [5.41, 5.74) is -2.33. The molecule has 0 nitrogen and oxygen atoms in total. The van der Waals surface area contributed by atoms with Gasteiger partial charge in [-0.1, -0.05) is 18.2 Å². The van der Waals surface area contributed by atoms with Crippen molar-refractivity contribution in [2.75, 3.05) is 0 Å². The number of hydrogen-bond donors (Lipinski definition) is 0. The quantitative estimate of drug-likeness (QED) is 0.509. The Morgan fingerprint density at radius 2 is 1.57 bits per heavy atom. The minimum atomic E-state index is -4.89. The van der Waals surface area contributed by atoms with E-state index < -0.39 is 40.1 Å². The van der Waals surface area contributed by atoms with Crippen molar-refractivity contribution in [3.05, 3.63) is 70.5 Å². The molecular formula is C14H7ClF6. The summed E-state index contributed by atoms with van der Waals surface area (Å²) in [5, 5.41) is -1.51. The Labute approximate surface area is 121 Å². The number of alkyl halides is 4. The lowest BCUT2D eigenvalue weighted by molar-refractivity contribution is -0.140. The third-order valence-corrected chi connectivity index (χ3v) is 3.31. The van der Waals surface area contributed by atoms with Gasteiger partial charge in [0.05, 0.1) is 10.9 Å². The Hall–Kier alpha value is -1.69. The molecule has 2 aromatic rings. The average molecular weight is 325 g/mol. The summed E-state index contributed by atoms with van der Waals surface area (Å²) in [4.78, 5) is 0. The van der Waals surface area contributed by atoms with E-state index in [1.54, 1.807) is 0 Å². The Bertz CT molecular complexity index is 665. The van der Waals surface area contributed by atoms with E-state index in [9.17, 15) is 26.3 Å². The van der Waals surface area contributed by atoms with Gasteiger partial charge in [-0.15, -0.1) is 11.6 Å². The van der Waals surface area contributed by atoms with Crippen molar-refractivity contribution in [1.29, 1.82) is 0 Å². The third-order valence-electron chi connectivity index (χ3n) is 2.84. The Morgan fingerprint density at radius 3 is 2.14 bits per heavy atom. The maximum atomic E-state index is 13.9. The predicted molar refractivity (Wildman–Crippen MR) is 65.5 cm³/mol. The molecule has 0 heterocycles. The van der Waals surface area contributed by atoms with Gasteiger partial charge in [0, 0.05) is 17.2 Å². The number of rotatable bonds is 2. The van der Waals surface area contributed by atoms with Crippen molar-refractivity contribution in [2.45, 2.75) is 11.6 Å². The van der Waals surface area contributed by atoms with E-state index in [1.165, 1.54) is 0 Å². The van der Waals surface area contributed by atoms with E-state index in [0.717, 1.165) is 24.3 Å². The SMILES string of the molecule is Fc1ccc(C(Cl)c2cccc(C(F)(F)F)c2F)c(F)c1. The van der Waals surface area contributed by atoms with Gasteiger partial charge in [0.25, 0.3) is 0 Å². The molecule has 0 aromatic heterocycles. The van der Waals surface area contributed by atoms with Crippen LogP contribution in [-0.4, -0.2) is 0 Å². The van der Waals surface area contributed by atoms with E-state index in [-0.39, 0.29) is 5.56 Å². The first kappa shape index (κ1) is 15.7. The molecule has 7 heteroatoms.